The van der Waals surface area contributed by atoms with E-state index >= 15 is 0 Å². The maximum atomic E-state index is 5.86. The molecule has 0 aliphatic heterocycles. The third-order valence-electron chi connectivity index (χ3n) is 3.35. The molecule has 7 heteroatoms. The third-order valence-corrected chi connectivity index (χ3v) is 4.39. The zero-order valence-electron chi connectivity index (χ0n) is 14.7. The van der Waals surface area contributed by atoms with Crippen LogP contribution in [-0.2, 0) is 5.75 Å². The Bertz CT molecular complexity index is 678. The van der Waals surface area contributed by atoms with Crippen molar-refractivity contribution in [2.24, 2.45) is 0 Å². The molecule has 0 spiro atoms. The van der Waals surface area contributed by atoms with Crippen LogP contribution in [0.2, 0.25) is 0 Å². The fourth-order valence-electron chi connectivity index (χ4n) is 2.06. The van der Waals surface area contributed by atoms with Crippen molar-refractivity contribution in [1.29, 1.82) is 0 Å². The van der Waals surface area contributed by atoms with Crippen LogP contribution >= 0.6 is 11.8 Å². The highest BCUT2D eigenvalue weighted by atomic mass is 32.2. The molecule has 2 N–H and O–H groups in total. The maximum absolute atomic E-state index is 5.86. The SMILES string of the molecule is Cc1ccc(C)c(OCCCSCc2nc(N)nc(N(C)C)n2)c1. The second-order valence-electron chi connectivity index (χ2n) is 5.83. The second-order valence-corrected chi connectivity index (χ2v) is 6.93. The van der Waals surface area contributed by atoms with Gasteiger partial charge in [0.25, 0.3) is 0 Å². The van der Waals surface area contributed by atoms with Gasteiger partial charge in [-0.15, -0.1) is 0 Å². The number of anilines is 2. The van der Waals surface area contributed by atoms with Crippen LogP contribution in [0.4, 0.5) is 11.9 Å². The number of nitrogens with two attached hydrogens (primary N) is 1. The van der Waals surface area contributed by atoms with Crippen molar-refractivity contribution in [1.82, 2.24) is 15.0 Å². The summed E-state index contributed by atoms with van der Waals surface area (Å²) >= 11 is 1.77. The topological polar surface area (TPSA) is 77.2 Å². The molecule has 130 valence electrons. The summed E-state index contributed by atoms with van der Waals surface area (Å²) in [5.74, 6) is 4.25. The van der Waals surface area contributed by atoms with Crippen LogP contribution in [0.3, 0.4) is 0 Å². The smallest absolute Gasteiger partial charge is 0.229 e. The molecule has 0 fully saturated rings. The molecule has 0 atom stereocenters. The molecule has 0 saturated carbocycles. The Kier molecular flexibility index (Phi) is 6.66. The lowest BCUT2D eigenvalue weighted by Gasteiger charge is -2.11. The van der Waals surface area contributed by atoms with Gasteiger partial charge in [-0.1, -0.05) is 12.1 Å². The summed E-state index contributed by atoms with van der Waals surface area (Å²) in [5.41, 5.74) is 8.11. The van der Waals surface area contributed by atoms with Gasteiger partial charge in [-0.05, 0) is 43.2 Å². The molecule has 2 aromatic rings. The number of nitrogens with zero attached hydrogens (tertiary/aromatic N) is 4. The van der Waals surface area contributed by atoms with Crippen LogP contribution in [-0.4, -0.2) is 41.4 Å². The summed E-state index contributed by atoms with van der Waals surface area (Å²) in [7, 11) is 3.77. The molecule has 24 heavy (non-hydrogen) atoms. The first-order valence-electron chi connectivity index (χ1n) is 7.91. The van der Waals surface area contributed by atoms with Crippen molar-refractivity contribution < 1.29 is 4.74 Å². The maximum Gasteiger partial charge on any atom is 0.229 e. The van der Waals surface area contributed by atoms with Gasteiger partial charge in [0.15, 0.2) is 0 Å². The summed E-state index contributed by atoms with van der Waals surface area (Å²) < 4.78 is 5.86. The van der Waals surface area contributed by atoms with Crippen molar-refractivity contribution in [3.05, 3.63) is 35.2 Å². The number of aryl methyl sites for hydroxylation is 2. The minimum absolute atomic E-state index is 0.266. The van der Waals surface area contributed by atoms with Crippen molar-refractivity contribution in [3.8, 4) is 5.75 Å². The summed E-state index contributed by atoms with van der Waals surface area (Å²) in [5, 5.41) is 0. The number of benzene rings is 1. The lowest BCUT2D eigenvalue weighted by molar-refractivity contribution is 0.316. The van der Waals surface area contributed by atoms with E-state index in [0.29, 0.717) is 18.4 Å². The van der Waals surface area contributed by atoms with E-state index in [0.717, 1.165) is 23.7 Å². The molecule has 0 unspecified atom stereocenters. The van der Waals surface area contributed by atoms with Crippen molar-refractivity contribution >= 4 is 23.7 Å². The number of hydrogen-bond acceptors (Lipinski definition) is 7. The molecule has 1 aromatic carbocycles. The first-order valence-corrected chi connectivity index (χ1v) is 9.06. The van der Waals surface area contributed by atoms with E-state index in [1.165, 1.54) is 11.1 Å². The minimum Gasteiger partial charge on any atom is -0.493 e. The normalized spacial score (nSPS) is 10.7. The van der Waals surface area contributed by atoms with E-state index in [4.69, 9.17) is 10.5 Å². The molecule has 0 aliphatic rings. The minimum atomic E-state index is 0.266. The Morgan fingerprint density at radius 2 is 1.96 bits per heavy atom. The fourth-order valence-corrected chi connectivity index (χ4v) is 2.84. The van der Waals surface area contributed by atoms with Crippen LogP contribution in [0.15, 0.2) is 18.2 Å². The average Bonchev–Trinajstić information content (AvgIpc) is 2.53. The zero-order chi connectivity index (χ0) is 17.5. The summed E-state index contributed by atoms with van der Waals surface area (Å²) in [6.07, 6.45) is 0.971. The zero-order valence-corrected chi connectivity index (χ0v) is 15.6. The van der Waals surface area contributed by atoms with Gasteiger partial charge in [0.2, 0.25) is 11.9 Å². The van der Waals surface area contributed by atoms with Gasteiger partial charge in [0, 0.05) is 14.1 Å². The molecular formula is C17H25N5OS. The first-order chi connectivity index (χ1) is 11.5. The Morgan fingerprint density at radius 3 is 2.71 bits per heavy atom. The van der Waals surface area contributed by atoms with Gasteiger partial charge >= 0.3 is 0 Å². The van der Waals surface area contributed by atoms with Gasteiger partial charge < -0.3 is 15.4 Å². The second kappa shape index (κ2) is 8.73. The van der Waals surface area contributed by atoms with Crippen LogP contribution in [0.1, 0.15) is 23.4 Å². The molecule has 2 rings (SSSR count). The van der Waals surface area contributed by atoms with Crippen LogP contribution in [0.25, 0.3) is 0 Å². The van der Waals surface area contributed by atoms with Gasteiger partial charge in [0.1, 0.15) is 11.6 Å². The molecule has 0 amide bonds. The lowest BCUT2D eigenvalue weighted by Crippen LogP contribution is -2.16. The van der Waals surface area contributed by atoms with E-state index in [1.807, 2.05) is 19.0 Å². The average molecular weight is 347 g/mol. The number of thioether (sulfide) groups is 1. The molecule has 1 aromatic heterocycles. The van der Waals surface area contributed by atoms with Gasteiger partial charge in [-0.25, -0.2) is 0 Å². The Hall–Kier alpha value is -2.02. The summed E-state index contributed by atoms with van der Waals surface area (Å²) in [6, 6.07) is 6.27. The van der Waals surface area contributed by atoms with Crippen LogP contribution in [0, 0.1) is 13.8 Å². The molecule has 0 bridgehead atoms. The first kappa shape index (κ1) is 18.3. The summed E-state index contributed by atoms with van der Waals surface area (Å²) in [4.78, 5) is 14.5. The standard InChI is InChI=1S/C17H25N5OS/c1-12-6-7-13(2)14(10-12)23-8-5-9-24-11-15-19-16(18)21-17(20-15)22(3)4/h6-7,10H,5,8-9,11H2,1-4H3,(H2,18,19,20,21). The monoisotopic (exact) mass is 347 g/mol. The molecule has 6 nitrogen and oxygen atoms in total. The molecule has 0 saturated heterocycles. The Morgan fingerprint density at radius 1 is 1.17 bits per heavy atom. The van der Waals surface area contributed by atoms with Gasteiger partial charge in [-0.3, -0.25) is 0 Å². The molecular weight excluding hydrogens is 322 g/mol. The molecule has 0 aliphatic carbocycles. The van der Waals surface area contributed by atoms with Gasteiger partial charge in [-0.2, -0.15) is 26.7 Å². The van der Waals surface area contributed by atoms with Crippen molar-refractivity contribution in [3.63, 3.8) is 0 Å². The summed E-state index contributed by atoms with van der Waals surface area (Å²) in [6.45, 7) is 4.85. The highest BCUT2D eigenvalue weighted by Gasteiger charge is 2.06. The Labute approximate surface area is 147 Å². The van der Waals surface area contributed by atoms with E-state index in [9.17, 15) is 0 Å². The predicted octanol–water partition coefficient (Wildman–Crippen LogP) is 2.84. The highest BCUT2D eigenvalue weighted by molar-refractivity contribution is 7.98. The van der Waals surface area contributed by atoms with Crippen molar-refractivity contribution in [2.75, 3.05) is 37.1 Å². The predicted molar refractivity (Wildman–Crippen MR) is 101 cm³/mol. The van der Waals surface area contributed by atoms with E-state index in [1.54, 1.807) is 11.8 Å². The molecule has 0 radical (unpaired) electrons. The number of ether oxygens (including phenoxy) is 1. The molecule has 1 heterocycles. The van der Waals surface area contributed by atoms with E-state index < -0.39 is 0 Å². The fraction of sp³-hybridized carbons (Fsp3) is 0.471. The Balaban J connectivity index is 1.73. The number of nitrogen functional groups attached to an aromatic ring is 1. The number of aromatic nitrogens is 3. The number of hydrogen-bond donors (Lipinski definition) is 1. The van der Waals surface area contributed by atoms with Gasteiger partial charge in [0.05, 0.1) is 12.4 Å². The van der Waals surface area contributed by atoms with Crippen LogP contribution < -0.4 is 15.4 Å². The highest BCUT2D eigenvalue weighted by Crippen LogP contribution is 2.19. The lowest BCUT2D eigenvalue weighted by atomic mass is 10.1. The van der Waals surface area contributed by atoms with E-state index in [-0.39, 0.29) is 5.95 Å². The van der Waals surface area contributed by atoms with Crippen molar-refractivity contribution in [2.45, 2.75) is 26.0 Å². The number of rotatable bonds is 8. The quantitative estimate of drug-likeness (QED) is 0.736. The van der Waals surface area contributed by atoms with Crippen LogP contribution in [0.5, 0.6) is 5.75 Å². The largest absolute Gasteiger partial charge is 0.493 e. The van der Waals surface area contributed by atoms with E-state index in [2.05, 4.69) is 47.0 Å². The third kappa shape index (κ3) is 5.56.